The van der Waals surface area contributed by atoms with Crippen LogP contribution in [-0.2, 0) is 19.2 Å². The fourth-order valence-electron chi connectivity index (χ4n) is 2.46. The van der Waals surface area contributed by atoms with Gasteiger partial charge in [-0.2, -0.15) is 0 Å². The first-order valence-corrected chi connectivity index (χ1v) is 8.59. The standard InChI is InChI=1S/C18H26N4O5/c1-18(12-23,17(26)27)22(13-7-3-2-4-8-13)15(24)11-21-16(25)14(20)9-5-6-10-19/h2-4,7-8,12,14H,5-6,9-11,19-20H2,1H3,(H,21,25)(H,26,27)/t14-,18+/m0/s1. The molecule has 2 amide bonds. The van der Waals surface area contributed by atoms with E-state index in [1.54, 1.807) is 18.2 Å². The molecule has 0 heterocycles. The summed E-state index contributed by atoms with van der Waals surface area (Å²) >= 11 is 0. The molecule has 0 spiro atoms. The van der Waals surface area contributed by atoms with Crippen molar-refractivity contribution in [2.24, 2.45) is 11.5 Å². The van der Waals surface area contributed by atoms with E-state index in [9.17, 15) is 24.3 Å². The molecular weight excluding hydrogens is 352 g/mol. The number of anilines is 1. The summed E-state index contributed by atoms with van der Waals surface area (Å²) in [6.45, 7) is 1.13. The number of hydrogen-bond donors (Lipinski definition) is 4. The summed E-state index contributed by atoms with van der Waals surface area (Å²) in [4.78, 5) is 48.7. The van der Waals surface area contributed by atoms with Crippen LogP contribution in [0.5, 0.6) is 0 Å². The number of carboxylic acids is 1. The lowest BCUT2D eigenvalue weighted by Crippen LogP contribution is -2.59. The Morgan fingerprint density at radius 1 is 1.26 bits per heavy atom. The molecule has 0 radical (unpaired) electrons. The highest BCUT2D eigenvalue weighted by Gasteiger charge is 2.43. The van der Waals surface area contributed by atoms with E-state index in [2.05, 4.69) is 5.32 Å². The van der Waals surface area contributed by atoms with Crippen molar-refractivity contribution in [1.29, 1.82) is 0 Å². The zero-order valence-corrected chi connectivity index (χ0v) is 15.3. The van der Waals surface area contributed by atoms with E-state index in [-0.39, 0.29) is 12.0 Å². The summed E-state index contributed by atoms with van der Waals surface area (Å²) in [7, 11) is 0. The Hall–Kier alpha value is -2.78. The number of carbonyl (C=O) groups excluding carboxylic acids is 3. The normalized spacial score (nSPS) is 13.9. The van der Waals surface area contributed by atoms with Gasteiger partial charge in [-0.1, -0.05) is 24.6 Å². The predicted octanol–water partition coefficient (Wildman–Crippen LogP) is -0.366. The van der Waals surface area contributed by atoms with Gasteiger partial charge in [-0.25, -0.2) is 4.79 Å². The van der Waals surface area contributed by atoms with E-state index in [0.717, 1.165) is 18.2 Å². The first kappa shape index (κ1) is 22.3. The van der Waals surface area contributed by atoms with Crippen molar-refractivity contribution in [3.63, 3.8) is 0 Å². The van der Waals surface area contributed by atoms with E-state index in [1.807, 2.05) is 0 Å². The maximum absolute atomic E-state index is 12.7. The molecule has 0 unspecified atom stereocenters. The lowest BCUT2D eigenvalue weighted by molar-refractivity contribution is -0.146. The Kier molecular flexibility index (Phi) is 8.57. The highest BCUT2D eigenvalue weighted by atomic mass is 16.4. The number of amides is 2. The average Bonchev–Trinajstić information content (AvgIpc) is 2.66. The number of rotatable bonds is 11. The number of unbranched alkanes of at least 4 members (excludes halogenated alkanes) is 1. The van der Waals surface area contributed by atoms with Crippen LogP contribution in [0, 0.1) is 0 Å². The largest absolute Gasteiger partial charge is 0.479 e. The molecule has 6 N–H and O–H groups in total. The third-order valence-corrected chi connectivity index (χ3v) is 4.11. The third kappa shape index (κ3) is 5.87. The van der Waals surface area contributed by atoms with E-state index in [0.29, 0.717) is 19.4 Å². The van der Waals surface area contributed by atoms with Crippen LogP contribution in [0.4, 0.5) is 5.69 Å². The smallest absolute Gasteiger partial charge is 0.337 e. The molecule has 9 nitrogen and oxygen atoms in total. The highest BCUT2D eigenvalue weighted by molar-refractivity contribution is 6.11. The van der Waals surface area contributed by atoms with Crippen LogP contribution in [-0.4, -0.2) is 53.8 Å². The van der Waals surface area contributed by atoms with Crippen molar-refractivity contribution in [1.82, 2.24) is 5.32 Å². The minimum atomic E-state index is -2.12. The minimum Gasteiger partial charge on any atom is -0.479 e. The van der Waals surface area contributed by atoms with Gasteiger partial charge in [0.05, 0.1) is 12.6 Å². The zero-order chi connectivity index (χ0) is 20.4. The Morgan fingerprint density at radius 2 is 1.89 bits per heavy atom. The molecule has 0 saturated carbocycles. The van der Waals surface area contributed by atoms with Crippen molar-refractivity contribution in [3.05, 3.63) is 30.3 Å². The number of nitrogens with one attached hydrogen (secondary N) is 1. The van der Waals surface area contributed by atoms with E-state index in [1.165, 1.54) is 12.1 Å². The Bertz CT molecular complexity index is 667. The maximum Gasteiger partial charge on any atom is 0.337 e. The van der Waals surface area contributed by atoms with Gasteiger partial charge in [0.1, 0.15) is 0 Å². The zero-order valence-electron chi connectivity index (χ0n) is 15.3. The predicted molar refractivity (Wildman–Crippen MR) is 99.9 cm³/mol. The van der Waals surface area contributed by atoms with Gasteiger partial charge in [-0.15, -0.1) is 0 Å². The molecule has 1 aromatic carbocycles. The maximum atomic E-state index is 12.7. The number of carboxylic acid groups (broad SMARTS) is 1. The molecular formula is C18H26N4O5. The fraction of sp³-hybridized carbons (Fsp3) is 0.444. The van der Waals surface area contributed by atoms with Crippen LogP contribution in [0.25, 0.3) is 0 Å². The summed E-state index contributed by atoms with van der Waals surface area (Å²) in [5, 5.41) is 11.9. The van der Waals surface area contributed by atoms with Gasteiger partial charge in [0.15, 0.2) is 11.8 Å². The molecule has 27 heavy (non-hydrogen) atoms. The molecule has 0 aliphatic heterocycles. The van der Waals surface area contributed by atoms with Crippen LogP contribution < -0.4 is 21.7 Å². The number of para-hydroxylation sites is 1. The molecule has 0 bridgehead atoms. The Labute approximate surface area is 157 Å². The lowest BCUT2D eigenvalue weighted by atomic mass is 10.0. The summed E-state index contributed by atoms with van der Waals surface area (Å²) in [5.41, 5.74) is 9.26. The van der Waals surface area contributed by atoms with Crippen LogP contribution in [0.3, 0.4) is 0 Å². The number of benzene rings is 1. The molecule has 1 rings (SSSR count). The molecule has 0 aliphatic carbocycles. The molecule has 0 aliphatic rings. The first-order chi connectivity index (χ1) is 12.8. The third-order valence-electron chi connectivity index (χ3n) is 4.11. The number of aliphatic carboxylic acids is 1. The van der Waals surface area contributed by atoms with Crippen molar-refractivity contribution in [3.8, 4) is 0 Å². The van der Waals surface area contributed by atoms with Gasteiger partial charge in [0.2, 0.25) is 11.8 Å². The summed E-state index contributed by atoms with van der Waals surface area (Å²) in [6.07, 6.45) is 2.01. The Balaban J connectivity index is 2.91. The average molecular weight is 378 g/mol. The van der Waals surface area contributed by atoms with E-state index < -0.39 is 35.9 Å². The Morgan fingerprint density at radius 3 is 2.41 bits per heavy atom. The highest BCUT2D eigenvalue weighted by Crippen LogP contribution is 2.23. The second kappa shape index (κ2) is 10.4. The molecule has 0 fully saturated rings. The van der Waals surface area contributed by atoms with Gasteiger partial charge in [-0.05, 0) is 38.4 Å². The molecule has 0 saturated heterocycles. The molecule has 0 aromatic heterocycles. The van der Waals surface area contributed by atoms with E-state index in [4.69, 9.17) is 11.5 Å². The SMILES string of the molecule is C[C@@](C=O)(C(=O)O)N(C(=O)CNC(=O)[C@@H](N)CCCCN)c1ccccc1. The van der Waals surface area contributed by atoms with Crippen LogP contribution in [0.1, 0.15) is 26.2 Å². The molecule has 9 heteroatoms. The van der Waals surface area contributed by atoms with Gasteiger partial charge in [0, 0.05) is 5.69 Å². The topological polar surface area (TPSA) is 156 Å². The van der Waals surface area contributed by atoms with Gasteiger partial charge >= 0.3 is 5.97 Å². The molecule has 1 aromatic rings. The number of nitrogens with zero attached hydrogens (tertiary/aromatic N) is 1. The van der Waals surface area contributed by atoms with Crippen molar-refractivity contribution in [2.75, 3.05) is 18.0 Å². The number of carbonyl (C=O) groups is 4. The summed E-state index contributed by atoms with van der Waals surface area (Å²) in [6, 6.07) is 7.11. The molecule has 2 atom stereocenters. The second-order valence-corrected chi connectivity index (χ2v) is 6.24. The van der Waals surface area contributed by atoms with Crippen LogP contribution in [0.15, 0.2) is 30.3 Å². The lowest BCUT2D eigenvalue weighted by Gasteiger charge is -2.34. The van der Waals surface area contributed by atoms with E-state index >= 15 is 0 Å². The number of nitrogens with two attached hydrogens (primary N) is 2. The van der Waals surface area contributed by atoms with Gasteiger partial charge < -0.3 is 26.7 Å². The van der Waals surface area contributed by atoms with Gasteiger partial charge in [0.25, 0.3) is 0 Å². The fourth-order valence-corrected chi connectivity index (χ4v) is 2.46. The number of aldehydes is 1. The summed E-state index contributed by atoms with van der Waals surface area (Å²) < 4.78 is 0. The summed E-state index contributed by atoms with van der Waals surface area (Å²) in [5.74, 6) is -2.77. The van der Waals surface area contributed by atoms with Crippen molar-refractivity contribution >= 4 is 29.8 Å². The van der Waals surface area contributed by atoms with Crippen LogP contribution in [0.2, 0.25) is 0 Å². The van der Waals surface area contributed by atoms with Crippen molar-refractivity contribution in [2.45, 2.75) is 37.8 Å². The minimum absolute atomic E-state index is 0.181. The van der Waals surface area contributed by atoms with Gasteiger partial charge in [-0.3, -0.25) is 14.5 Å². The van der Waals surface area contributed by atoms with Crippen molar-refractivity contribution < 1.29 is 24.3 Å². The number of hydrogen-bond acceptors (Lipinski definition) is 6. The molecule has 148 valence electrons. The van der Waals surface area contributed by atoms with Crippen LogP contribution >= 0.6 is 0 Å². The quantitative estimate of drug-likeness (QED) is 0.233. The first-order valence-electron chi connectivity index (χ1n) is 8.59. The monoisotopic (exact) mass is 378 g/mol. The second-order valence-electron chi connectivity index (χ2n) is 6.24.